The molecule has 7 nitrogen and oxygen atoms in total. The Bertz CT molecular complexity index is 1150. The van der Waals surface area contributed by atoms with E-state index in [0.717, 1.165) is 0 Å². The van der Waals surface area contributed by atoms with Crippen LogP contribution in [0.4, 0.5) is 18.9 Å². The molecule has 0 saturated carbocycles. The summed E-state index contributed by atoms with van der Waals surface area (Å²) < 4.78 is 70.1. The molecule has 2 aromatic carbocycles. The van der Waals surface area contributed by atoms with Gasteiger partial charge in [0.1, 0.15) is 11.5 Å². The summed E-state index contributed by atoms with van der Waals surface area (Å²) in [6.45, 7) is 0. The van der Waals surface area contributed by atoms with Gasteiger partial charge in [0, 0.05) is 17.9 Å². The fourth-order valence-electron chi connectivity index (χ4n) is 2.50. The molecule has 11 heteroatoms. The second kappa shape index (κ2) is 7.74. The molecule has 0 fully saturated rings. The minimum absolute atomic E-state index is 0.238. The van der Waals surface area contributed by atoms with Crippen molar-refractivity contribution in [3.63, 3.8) is 0 Å². The maximum atomic E-state index is 13.2. The highest BCUT2D eigenvalue weighted by Crippen LogP contribution is 2.33. The third-order valence-corrected chi connectivity index (χ3v) is 5.54. The van der Waals surface area contributed by atoms with Crippen LogP contribution in [0.1, 0.15) is 5.89 Å². The van der Waals surface area contributed by atoms with E-state index in [1.807, 2.05) is 0 Å². The van der Waals surface area contributed by atoms with Gasteiger partial charge in [-0.15, -0.1) is 0 Å². The zero-order valence-electron chi connectivity index (χ0n) is 15.6. The molecule has 1 unspecified atom stereocenters. The van der Waals surface area contributed by atoms with Crippen molar-refractivity contribution >= 4 is 15.4 Å². The zero-order chi connectivity index (χ0) is 21.2. The van der Waals surface area contributed by atoms with E-state index in [-0.39, 0.29) is 17.1 Å². The normalized spacial score (nSPS) is 13.6. The number of benzene rings is 2. The fraction of sp³-hybridized carbons (Fsp3) is 0.222. The Morgan fingerprint density at radius 3 is 2.48 bits per heavy atom. The Morgan fingerprint density at radius 2 is 1.86 bits per heavy atom. The van der Waals surface area contributed by atoms with Crippen LogP contribution in [0.3, 0.4) is 0 Å². The Hall–Kier alpha value is -3.08. The fourth-order valence-corrected chi connectivity index (χ4v) is 3.95. The summed E-state index contributed by atoms with van der Waals surface area (Å²) in [7, 11) is -0.0187. The molecule has 1 aromatic heterocycles. The maximum absolute atomic E-state index is 13.2. The minimum Gasteiger partial charge on any atom is -0.497 e. The molecule has 0 aliphatic carbocycles. The van der Waals surface area contributed by atoms with Gasteiger partial charge in [0.15, 0.2) is 0 Å². The van der Waals surface area contributed by atoms with Gasteiger partial charge in [-0.05, 0) is 24.3 Å². The number of hydrogen-bond donors (Lipinski definition) is 0. The van der Waals surface area contributed by atoms with Gasteiger partial charge in [0.05, 0.1) is 34.5 Å². The first-order valence-electron chi connectivity index (χ1n) is 8.09. The number of nitrogens with zero attached hydrogens (tertiary/aromatic N) is 3. The number of alkyl halides is 3. The van der Waals surface area contributed by atoms with Crippen molar-refractivity contribution in [3.8, 4) is 22.9 Å². The molecule has 154 valence electrons. The lowest BCUT2D eigenvalue weighted by Crippen LogP contribution is -2.04. The Morgan fingerprint density at radius 1 is 1.10 bits per heavy atom. The summed E-state index contributed by atoms with van der Waals surface area (Å²) in [6.07, 6.45) is -3.31. The van der Waals surface area contributed by atoms with Crippen molar-refractivity contribution in [2.24, 2.45) is 4.36 Å². The Kier molecular flexibility index (Phi) is 5.51. The first-order chi connectivity index (χ1) is 13.6. The molecular weight excluding hydrogens is 411 g/mol. The number of halogens is 3. The van der Waals surface area contributed by atoms with E-state index in [0.29, 0.717) is 16.4 Å². The average Bonchev–Trinajstić information content (AvgIpc) is 3.18. The molecule has 0 saturated heterocycles. The third-order valence-electron chi connectivity index (χ3n) is 3.83. The van der Waals surface area contributed by atoms with Crippen molar-refractivity contribution in [3.05, 3.63) is 48.4 Å². The topological polar surface area (TPSA) is 86.8 Å². The monoisotopic (exact) mass is 427 g/mol. The largest absolute Gasteiger partial charge is 0.497 e. The molecule has 0 aliphatic heterocycles. The molecule has 0 aliphatic rings. The summed E-state index contributed by atoms with van der Waals surface area (Å²) in [5, 5.41) is 3.34. The Balaban J connectivity index is 2.02. The van der Waals surface area contributed by atoms with Crippen LogP contribution in [-0.4, -0.2) is 34.8 Å². The lowest BCUT2D eigenvalue weighted by atomic mass is 10.2. The second-order valence-electron chi connectivity index (χ2n) is 5.88. The van der Waals surface area contributed by atoms with E-state index < -0.39 is 21.8 Å². The molecule has 0 amide bonds. The highest BCUT2D eigenvalue weighted by molar-refractivity contribution is 7.93. The molecule has 0 N–H and O–H groups in total. The van der Waals surface area contributed by atoms with Crippen molar-refractivity contribution in [2.75, 3.05) is 20.5 Å². The Labute approximate surface area is 164 Å². The van der Waals surface area contributed by atoms with Crippen molar-refractivity contribution in [1.29, 1.82) is 0 Å². The van der Waals surface area contributed by atoms with Gasteiger partial charge in [-0.2, -0.15) is 22.5 Å². The average molecular weight is 427 g/mol. The summed E-state index contributed by atoms with van der Waals surface area (Å²) in [6, 6.07) is 10.8. The predicted octanol–water partition coefficient (Wildman–Crippen LogP) is 4.56. The molecular formula is C18H16F3N3O4S. The molecule has 0 spiro atoms. The van der Waals surface area contributed by atoms with Crippen LogP contribution < -0.4 is 9.47 Å². The number of aromatic nitrogens is 2. The van der Waals surface area contributed by atoms with Gasteiger partial charge in [-0.3, -0.25) is 0 Å². The molecule has 3 rings (SSSR count). The minimum atomic E-state index is -4.74. The van der Waals surface area contributed by atoms with Gasteiger partial charge in [0.25, 0.3) is 0 Å². The highest BCUT2D eigenvalue weighted by Gasteiger charge is 2.38. The van der Waals surface area contributed by atoms with Gasteiger partial charge >= 0.3 is 12.1 Å². The van der Waals surface area contributed by atoms with Crippen LogP contribution in [0.2, 0.25) is 0 Å². The van der Waals surface area contributed by atoms with Gasteiger partial charge in [0.2, 0.25) is 5.82 Å². The maximum Gasteiger partial charge on any atom is 0.471 e. The molecule has 1 heterocycles. The van der Waals surface area contributed by atoms with Crippen LogP contribution in [-0.2, 0) is 15.9 Å². The second-order valence-corrected chi connectivity index (χ2v) is 8.11. The summed E-state index contributed by atoms with van der Waals surface area (Å²) in [5.74, 6) is -0.832. The highest BCUT2D eigenvalue weighted by atomic mass is 32.2. The molecule has 3 aromatic rings. The van der Waals surface area contributed by atoms with Gasteiger partial charge < -0.3 is 14.0 Å². The SMILES string of the molecule is COc1ccc(S(C)(=O)=Nc2cccc(-c3noc(C(F)(F)F)n3)c2)c(OC)c1. The van der Waals surface area contributed by atoms with Crippen LogP contribution in [0, 0.1) is 0 Å². The summed E-state index contributed by atoms with van der Waals surface area (Å²) in [4.78, 5) is 3.70. The van der Waals surface area contributed by atoms with Gasteiger partial charge in [-0.1, -0.05) is 17.3 Å². The third kappa shape index (κ3) is 4.50. The first kappa shape index (κ1) is 20.6. The number of rotatable bonds is 5. The van der Waals surface area contributed by atoms with Crippen molar-refractivity contribution < 1.29 is 31.4 Å². The van der Waals surface area contributed by atoms with E-state index in [1.54, 1.807) is 30.3 Å². The number of ether oxygens (including phenoxy) is 2. The summed E-state index contributed by atoms with van der Waals surface area (Å²) >= 11 is 0. The predicted molar refractivity (Wildman–Crippen MR) is 98.7 cm³/mol. The van der Waals surface area contributed by atoms with Crippen LogP contribution in [0.15, 0.2) is 56.2 Å². The quantitative estimate of drug-likeness (QED) is 0.593. The molecule has 0 radical (unpaired) electrons. The van der Waals surface area contributed by atoms with E-state index in [9.17, 15) is 17.4 Å². The van der Waals surface area contributed by atoms with E-state index >= 15 is 0 Å². The summed E-state index contributed by atoms with van der Waals surface area (Å²) in [5.41, 5.74) is 0.508. The first-order valence-corrected chi connectivity index (χ1v) is 10.0. The molecule has 0 bridgehead atoms. The van der Waals surface area contributed by atoms with Crippen LogP contribution >= 0.6 is 0 Å². The number of hydrogen-bond acceptors (Lipinski definition) is 7. The zero-order valence-corrected chi connectivity index (χ0v) is 16.4. The van der Waals surface area contributed by atoms with E-state index in [1.165, 1.54) is 32.6 Å². The molecule has 29 heavy (non-hydrogen) atoms. The van der Waals surface area contributed by atoms with Crippen molar-refractivity contribution in [2.45, 2.75) is 11.1 Å². The smallest absolute Gasteiger partial charge is 0.471 e. The lowest BCUT2D eigenvalue weighted by Gasteiger charge is -2.12. The standard InChI is InChI=1S/C18H16F3N3O4S/c1-26-13-7-8-15(14(10-13)27-2)29(3,25)24-12-6-4-5-11(9-12)16-22-17(28-23-16)18(19,20)21/h4-10H,1-3H3. The van der Waals surface area contributed by atoms with E-state index in [2.05, 4.69) is 19.0 Å². The molecule has 1 atom stereocenters. The van der Waals surface area contributed by atoms with Crippen LogP contribution in [0.5, 0.6) is 11.5 Å². The number of methoxy groups -OCH3 is 2. The van der Waals surface area contributed by atoms with Crippen LogP contribution in [0.25, 0.3) is 11.4 Å². The van der Waals surface area contributed by atoms with Gasteiger partial charge in [-0.25, -0.2) is 4.21 Å². The van der Waals surface area contributed by atoms with Crippen molar-refractivity contribution in [1.82, 2.24) is 10.1 Å². The van der Waals surface area contributed by atoms with E-state index in [4.69, 9.17) is 9.47 Å². The lowest BCUT2D eigenvalue weighted by molar-refractivity contribution is -0.159.